The third-order valence-corrected chi connectivity index (χ3v) is 8.68. The van der Waals surface area contributed by atoms with Crippen molar-refractivity contribution in [1.29, 1.82) is 0 Å². The Morgan fingerprint density at radius 3 is 2.20 bits per heavy atom. The second-order valence-electron chi connectivity index (χ2n) is 12.6. The van der Waals surface area contributed by atoms with Crippen molar-refractivity contribution in [2.24, 2.45) is 0 Å². The molecule has 0 spiro atoms. The molecule has 2 fully saturated rings. The van der Waals surface area contributed by atoms with E-state index >= 15 is 0 Å². The third-order valence-electron chi connectivity index (χ3n) is 8.68. The Morgan fingerprint density at radius 1 is 0.902 bits per heavy atom. The van der Waals surface area contributed by atoms with Crippen LogP contribution in [0.4, 0.5) is 0 Å². The summed E-state index contributed by atoms with van der Waals surface area (Å²) >= 11 is 0. The summed E-state index contributed by atoms with van der Waals surface area (Å²) in [6, 6.07) is 7.30. The van der Waals surface area contributed by atoms with Gasteiger partial charge in [-0.25, -0.2) is 0 Å². The predicted molar refractivity (Wildman–Crippen MR) is 176 cm³/mol. The summed E-state index contributed by atoms with van der Waals surface area (Å²) in [5.74, 6) is -2.04. The van der Waals surface area contributed by atoms with Crippen LogP contribution in [-0.2, 0) is 30.2 Å². The highest BCUT2D eigenvalue weighted by Crippen LogP contribution is 2.41. The van der Waals surface area contributed by atoms with Crippen LogP contribution >= 0.6 is 0 Å². The van der Waals surface area contributed by atoms with Crippen molar-refractivity contribution >= 4 is 16.9 Å². The zero-order valence-electron chi connectivity index (χ0n) is 28.5. The fraction of sp³-hybridized carbons (Fsp3) is 0.486. The molecule has 3 heterocycles. The van der Waals surface area contributed by atoms with Gasteiger partial charge < -0.3 is 68.6 Å². The van der Waals surface area contributed by atoms with Crippen LogP contribution in [0.1, 0.15) is 33.3 Å². The Hall–Kier alpha value is -4.26. The molecule has 5 rings (SSSR count). The molecule has 51 heavy (non-hydrogen) atoms. The average Bonchev–Trinajstić information content (AvgIpc) is 3.08. The second-order valence-corrected chi connectivity index (χ2v) is 12.6. The number of ether oxygens (including phenoxy) is 6. The predicted octanol–water partition coefficient (Wildman–Crippen LogP) is 0.990. The third kappa shape index (κ3) is 7.68. The molecule has 2 aromatic carbocycles. The minimum absolute atomic E-state index is 0.131. The van der Waals surface area contributed by atoms with Crippen LogP contribution in [-0.4, -0.2) is 117 Å². The monoisotopic (exact) mass is 718 g/mol. The van der Waals surface area contributed by atoms with E-state index < -0.39 is 90.9 Å². The van der Waals surface area contributed by atoms with Gasteiger partial charge in [-0.1, -0.05) is 11.6 Å². The lowest BCUT2D eigenvalue weighted by Crippen LogP contribution is -2.65. The molecule has 10 atom stereocenters. The number of aliphatic hydroxyl groups is 5. The average molecular weight is 719 g/mol. The number of hydrogen-bond acceptors (Lipinski definition) is 16. The first-order chi connectivity index (χ1) is 24.2. The van der Waals surface area contributed by atoms with E-state index in [4.69, 9.17) is 32.8 Å². The summed E-state index contributed by atoms with van der Waals surface area (Å²) < 4.78 is 40.6. The fourth-order valence-electron chi connectivity index (χ4n) is 5.91. The van der Waals surface area contributed by atoms with Gasteiger partial charge >= 0.3 is 5.97 Å². The summed E-state index contributed by atoms with van der Waals surface area (Å²) in [6.45, 7) is 5.41. The number of benzene rings is 2. The van der Waals surface area contributed by atoms with Crippen molar-refractivity contribution in [3.05, 3.63) is 57.8 Å². The summed E-state index contributed by atoms with van der Waals surface area (Å²) in [7, 11) is 1.46. The van der Waals surface area contributed by atoms with Gasteiger partial charge in [-0.2, -0.15) is 0 Å². The van der Waals surface area contributed by atoms with E-state index in [-0.39, 0.29) is 40.0 Å². The number of fused-ring (bicyclic) bond motifs is 1. The topological polar surface area (TPSA) is 244 Å². The van der Waals surface area contributed by atoms with Crippen molar-refractivity contribution in [2.45, 2.75) is 95.5 Å². The van der Waals surface area contributed by atoms with Gasteiger partial charge in [0.2, 0.25) is 17.5 Å². The molecule has 7 N–H and O–H groups in total. The first-order valence-corrected chi connectivity index (χ1v) is 16.1. The molecule has 278 valence electrons. The van der Waals surface area contributed by atoms with Gasteiger partial charge in [0.25, 0.3) is 0 Å². The number of methoxy groups -OCH3 is 1. The number of phenols is 2. The van der Waals surface area contributed by atoms with Gasteiger partial charge in [0.1, 0.15) is 58.7 Å². The van der Waals surface area contributed by atoms with Crippen LogP contribution in [0.2, 0.25) is 0 Å². The maximum atomic E-state index is 14.4. The molecule has 0 saturated carbocycles. The molecule has 0 unspecified atom stereocenters. The lowest BCUT2D eigenvalue weighted by molar-refractivity contribution is -0.356. The van der Waals surface area contributed by atoms with Gasteiger partial charge in [-0.3, -0.25) is 9.59 Å². The molecule has 2 aliphatic rings. The lowest BCUT2D eigenvalue weighted by atomic mass is 9.97. The summed E-state index contributed by atoms with van der Waals surface area (Å²) in [5.41, 5.74) is 0.357. The molecule has 0 bridgehead atoms. The number of carbonyl (C=O) groups excluding carboxylic acids is 1. The number of phenolic OH excluding ortho intramolecular Hbond substituents is 2. The SMILES string of the molecule is COc1ccc(-c2oc3c(CC=C(C)C)c(O)cc(O)c3c(=O)c2O[C@H]2O[C@@H](C)[C@H](O)[C@@H](OC(C)=O)[C@H]2O[C@@H]2O[C@H](CO)[C@@H](O)[C@H](O)[C@H]2O)cc1. The number of esters is 1. The molecule has 2 aliphatic heterocycles. The first-order valence-electron chi connectivity index (χ1n) is 16.1. The number of hydrogen-bond donors (Lipinski definition) is 7. The Bertz CT molecular complexity index is 1800. The molecule has 0 amide bonds. The zero-order valence-corrected chi connectivity index (χ0v) is 28.5. The first kappa shape index (κ1) is 38.0. The quantitative estimate of drug-likeness (QED) is 0.114. The van der Waals surface area contributed by atoms with Crippen molar-refractivity contribution < 1.29 is 73.4 Å². The van der Waals surface area contributed by atoms with E-state index in [1.165, 1.54) is 14.0 Å². The van der Waals surface area contributed by atoms with E-state index in [9.17, 15) is 45.3 Å². The fourth-order valence-corrected chi connectivity index (χ4v) is 5.91. The molecule has 0 aliphatic carbocycles. The minimum Gasteiger partial charge on any atom is -0.507 e. The maximum absolute atomic E-state index is 14.4. The number of aliphatic hydroxyl groups excluding tert-OH is 5. The smallest absolute Gasteiger partial charge is 0.303 e. The van der Waals surface area contributed by atoms with Gasteiger partial charge in [-0.15, -0.1) is 0 Å². The standard InChI is InChI=1S/C35H42O16/c1-14(2)6-11-19-20(38)12-21(39)23-26(42)32(29(49-30(19)23)17-7-9-18(45-5)10-8-17)50-35-33(31(47-16(4)37)24(40)15(3)46-35)51-34-28(44)27(43)25(41)22(13-36)48-34/h6-10,12,15,22,24-25,27-28,31,33-36,38-41,43-44H,11,13H2,1-5H3/t15-,22+,24-,25+,27-,28+,31+,33+,34-,35+/m0/s1. The Morgan fingerprint density at radius 2 is 1.59 bits per heavy atom. The van der Waals surface area contributed by atoms with Crippen LogP contribution in [0.25, 0.3) is 22.3 Å². The molecule has 2 saturated heterocycles. The summed E-state index contributed by atoms with van der Waals surface area (Å²) in [4.78, 5) is 26.6. The molecule has 16 nitrogen and oxygen atoms in total. The minimum atomic E-state index is -1.91. The van der Waals surface area contributed by atoms with Gasteiger partial charge in [0.05, 0.1) is 19.8 Å². The maximum Gasteiger partial charge on any atom is 0.303 e. The molecule has 1 aromatic heterocycles. The number of allylic oxidation sites excluding steroid dienone is 2. The van der Waals surface area contributed by atoms with E-state index in [2.05, 4.69) is 0 Å². The molecule has 3 aromatic rings. The van der Waals surface area contributed by atoms with E-state index in [1.807, 2.05) is 13.8 Å². The molecule has 0 radical (unpaired) electrons. The van der Waals surface area contributed by atoms with Crippen LogP contribution in [0.3, 0.4) is 0 Å². The van der Waals surface area contributed by atoms with Gasteiger partial charge in [0.15, 0.2) is 24.3 Å². The van der Waals surface area contributed by atoms with Crippen molar-refractivity contribution in [3.8, 4) is 34.3 Å². The Kier molecular flexibility index (Phi) is 11.6. The van der Waals surface area contributed by atoms with Gasteiger partial charge in [-0.05, 0) is 51.5 Å². The van der Waals surface area contributed by atoms with Crippen LogP contribution in [0, 0.1) is 0 Å². The van der Waals surface area contributed by atoms with Crippen molar-refractivity contribution in [2.75, 3.05) is 13.7 Å². The highest BCUT2D eigenvalue weighted by atomic mass is 16.8. The summed E-state index contributed by atoms with van der Waals surface area (Å²) in [5, 5.41) is 73.6. The largest absolute Gasteiger partial charge is 0.507 e. The summed E-state index contributed by atoms with van der Waals surface area (Å²) in [6.07, 6.45) is -14.5. The van der Waals surface area contributed by atoms with E-state index in [1.54, 1.807) is 30.3 Å². The molecular weight excluding hydrogens is 676 g/mol. The molecule has 16 heteroatoms. The highest BCUT2D eigenvalue weighted by Gasteiger charge is 2.52. The second kappa shape index (κ2) is 15.5. The Balaban J connectivity index is 1.69. The van der Waals surface area contributed by atoms with E-state index in [0.717, 1.165) is 18.6 Å². The van der Waals surface area contributed by atoms with Crippen LogP contribution < -0.4 is 14.9 Å². The van der Waals surface area contributed by atoms with Crippen molar-refractivity contribution in [1.82, 2.24) is 0 Å². The Labute approximate surface area is 291 Å². The molecular formula is C35H42O16. The number of carbonyl (C=O) groups is 1. The lowest BCUT2D eigenvalue weighted by Gasteiger charge is -2.46. The number of rotatable bonds is 10. The normalized spacial score (nSPS) is 29.4. The van der Waals surface area contributed by atoms with E-state index in [0.29, 0.717) is 5.75 Å². The van der Waals surface area contributed by atoms with Crippen molar-refractivity contribution in [3.63, 3.8) is 0 Å². The van der Waals surface area contributed by atoms with Crippen LogP contribution in [0.15, 0.2) is 51.2 Å². The zero-order chi connectivity index (χ0) is 37.3. The van der Waals surface area contributed by atoms with Crippen LogP contribution in [0.5, 0.6) is 23.0 Å². The number of aromatic hydroxyl groups is 2. The highest BCUT2D eigenvalue weighted by molar-refractivity contribution is 5.91. The van der Waals surface area contributed by atoms with Gasteiger partial charge in [0, 0.05) is 24.1 Å².